The van der Waals surface area contributed by atoms with Crippen molar-refractivity contribution in [1.82, 2.24) is 10.2 Å². The minimum absolute atomic E-state index is 0.206. The molecule has 10 nitrogen and oxygen atoms in total. The van der Waals surface area contributed by atoms with Crippen LogP contribution in [0.2, 0.25) is 5.02 Å². The molecule has 218 valence electrons. The van der Waals surface area contributed by atoms with Crippen molar-refractivity contribution >= 4 is 51.8 Å². The summed E-state index contributed by atoms with van der Waals surface area (Å²) < 4.78 is 5.35. The van der Waals surface area contributed by atoms with Crippen molar-refractivity contribution in [2.24, 2.45) is 0 Å². The number of thiophene rings is 1. The van der Waals surface area contributed by atoms with Gasteiger partial charge in [-0.2, -0.15) is 0 Å². The normalized spacial score (nSPS) is 13.2. The summed E-state index contributed by atoms with van der Waals surface area (Å²) in [6, 6.07) is 17.4. The molecule has 1 aromatic heterocycles. The quantitative estimate of drug-likeness (QED) is 0.207. The van der Waals surface area contributed by atoms with E-state index in [1.165, 1.54) is 16.9 Å². The SMILES string of the molecule is CCOC(=O)c1c(NC(=O)C(C)NCc2ccccc2Cl)sc2c1CCN(Cc1ccccc1)C2.O=C(O)C(=O)O. The zero-order valence-corrected chi connectivity index (χ0v) is 24.3. The molecule has 12 heteroatoms. The van der Waals surface area contributed by atoms with Gasteiger partial charge in [0.05, 0.1) is 18.2 Å². The van der Waals surface area contributed by atoms with E-state index in [2.05, 4.69) is 27.7 Å². The highest BCUT2D eigenvalue weighted by Gasteiger charge is 2.30. The van der Waals surface area contributed by atoms with E-state index in [4.69, 9.17) is 36.1 Å². The van der Waals surface area contributed by atoms with Crippen LogP contribution in [0.4, 0.5) is 5.00 Å². The molecule has 1 atom stereocenters. The summed E-state index contributed by atoms with van der Waals surface area (Å²) in [4.78, 5) is 47.5. The number of fused-ring (bicyclic) bond motifs is 1. The van der Waals surface area contributed by atoms with Crippen molar-refractivity contribution in [2.75, 3.05) is 18.5 Å². The molecule has 1 unspecified atom stereocenters. The molecule has 2 aromatic carbocycles. The number of nitrogens with one attached hydrogen (secondary N) is 2. The lowest BCUT2D eigenvalue weighted by Gasteiger charge is -2.27. The van der Waals surface area contributed by atoms with Crippen LogP contribution in [0, 0.1) is 0 Å². The topological polar surface area (TPSA) is 145 Å². The first-order valence-electron chi connectivity index (χ1n) is 12.9. The fourth-order valence-corrected chi connectivity index (χ4v) is 5.64. The fourth-order valence-electron chi connectivity index (χ4n) is 4.16. The Balaban J connectivity index is 0.000000696. The number of aliphatic carboxylic acids is 2. The van der Waals surface area contributed by atoms with Crippen molar-refractivity contribution in [3.8, 4) is 0 Å². The van der Waals surface area contributed by atoms with Gasteiger partial charge in [0, 0.05) is 36.1 Å². The highest BCUT2D eigenvalue weighted by Crippen LogP contribution is 2.38. The first-order chi connectivity index (χ1) is 19.6. The molecule has 0 fully saturated rings. The van der Waals surface area contributed by atoms with E-state index in [-0.39, 0.29) is 18.5 Å². The fraction of sp³-hybridized carbons (Fsp3) is 0.310. The van der Waals surface area contributed by atoms with Gasteiger partial charge >= 0.3 is 17.9 Å². The van der Waals surface area contributed by atoms with Crippen LogP contribution in [0.15, 0.2) is 54.6 Å². The molecule has 4 rings (SSSR count). The van der Waals surface area contributed by atoms with Gasteiger partial charge in [0.25, 0.3) is 0 Å². The summed E-state index contributed by atoms with van der Waals surface area (Å²) in [5, 5.41) is 22.2. The van der Waals surface area contributed by atoms with Crippen LogP contribution >= 0.6 is 22.9 Å². The van der Waals surface area contributed by atoms with E-state index in [1.54, 1.807) is 13.8 Å². The molecule has 0 aliphatic carbocycles. The van der Waals surface area contributed by atoms with Gasteiger partial charge in [-0.25, -0.2) is 14.4 Å². The molecule has 1 aliphatic rings. The number of rotatable bonds is 9. The molecule has 4 N–H and O–H groups in total. The van der Waals surface area contributed by atoms with Crippen LogP contribution in [0.3, 0.4) is 0 Å². The van der Waals surface area contributed by atoms with Gasteiger partial charge in [0.15, 0.2) is 0 Å². The van der Waals surface area contributed by atoms with Gasteiger partial charge < -0.3 is 25.6 Å². The van der Waals surface area contributed by atoms with Gasteiger partial charge in [-0.05, 0) is 43.0 Å². The van der Waals surface area contributed by atoms with E-state index in [9.17, 15) is 9.59 Å². The van der Waals surface area contributed by atoms with E-state index < -0.39 is 18.0 Å². The molecule has 41 heavy (non-hydrogen) atoms. The number of carboxylic acid groups (broad SMARTS) is 2. The maximum Gasteiger partial charge on any atom is 0.414 e. The molecule has 0 spiro atoms. The number of esters is 1. The molecule has 2 heterocycles. The largest absolute Gasteiger partial charge is 0.473 e. The smallest absolute Gasteiger partial charge is 0.414 e. The third-order valence-corrected chi connectivity index (χ3v) is 7.73. The van der Waals surface area contributed by atoms with Gasteiger partial charge in [0.2, 0.25) is 5.91 Å². The van der Waals surface area contributed by atoms with Gasteiger partial charge in [-0.3, -0.25) is 9.69 Å². The van der Waals surface area contributed by atoms with Crippen molar-refractivity contribution in [1.29, 1.82) is 0 Å². The van der Waals surface area contributed by atoms with Crippen molar-refractivity contribution < 1.29 is 34.1 Å². The van der Waals surface area contributed by atoms with E-state index in [0.717, 1.165) is 42.1 Å². The minimum atomic E-state index is -1.82. The molecule has 3 aromatic rings. The van der Waals surface area contributed by atoms with Crippen molar-refractivity contribution in [3.05, 3.63) is 86.8 Å². The average molecular weight is 602 g/mol. The van der Waals surface area contributed by atoms with Gasteiger partial charge in [-0.1, -0.05) is 60.1 Å². The van der Waals surface area contributed by atoms with Crippen LogP contribution < -0.4 is 10.6 Å². The number of carboxylic acids is 2. The van der Waals surface area contributed by atoms with Crippen LogP contribution in [0.25, 0.3) is 0 Å². The third kappa shape index (κ3) is 9.12. The van der Waals surface area contributed by atoms with Crippen molar-refractivity contribution in [3.63, 3.8) is 0 Å². The minimum Gasteiger partial charge on any atom is -0.473 e. The Kier molecular flexibility index (Phi) is 11.8. The van der Waals surface area contributed by atoms with Crippen LogP contribution in [-0.2, 0) is 45.2 Å². The molecule has 0 bridgehead atoms. The Morgan fingerprint density at radius 1 is 1.05 bits per heavy atom. The van der Waals surface area contributed by atoms with E-state index in [1.807, 2.05) is 42.5 Å². The maximum absolute atomic E-state index is 13.0. The molecular formula is C29H32ClN3O7S. The van der Waals surface area contributed by atoms with E-state index >= 15 is 0 Å². The van der Waals surface area contributed by atoms with Gasteiger partial charge in [0.1, 0.15) is 5.00 Å². The molecule has 1 amide bonds. The molecule has 0 radical (unpaired) electrons. The number of carbonyl (C=O) groups excluding carboxylic acids is 2. The summed E-state index contributed by atoms with van der Waals surface area (Å²) >= 11 is 7.70. The molecule has 1 aliphatic heterocycles. The predicted molar refractivity (Wildman–Crippen MR) is 156 cm³/mol. The third-order valence-electron chi connectivity index (χ3n) is 6.23. The number of anilines is 1. The Bertz CT molecular complexity index is 1370. The Morgan fingerprint density at radius 2 is 1.71 bits per heavy atom. The lowest BCUT2D eigenvalue weighted by atomic mass is 10.0. The monoisotopic (exact) mass is 601 g/mol. The number of nitrogens with zero attached hydrogens (tertiary/aromatic N) is 1. The van der Waals surface area contributed by atoms with Crippen molar-refractivity contribution in [2.45, 2.75) is 45.9 Å². The van der Waals surface area contributed by atoms with Gasteiger partial charge in [-0.15, -0.1) is 11.3 Å². The molecular weight excluding hydrogens is 570 g/mol. The second-order valence-corrected chi connectivity index (χ2v) is 10.7. The number of benzene rings is 2. The highest BCUT2D eigenvalue weighted by molar-refractivity contribution is 7.17. The second kappa shape index (κ2) is 15.3. The first-order valence-corrected chi connectivity index (χ1v) is 14.1. The summed E-state index contributed by atoms with van der Waals surface area (Å²) in [5.41, 5.74) is 3.67. The van der Waals surface area contributed by atoms with E-state index in [0.29, 0.717) is 22.1 Å². The summed E-state index contributed by atoms with van der Waals surface area (Å²) in [6.07, 6.45) is 0.739. The number of hydrogen-bond donors (Lipinski definition) is 4. The maximum atomic E-state index is 13.0. The summed E-state index contributed by atoms with van der Waals surface area (Å²) in [7, 11) is 0. The number of carbonyl (C=O) groups is 4. The second-order valence-electron chi connectivity index (χ2n) is 9.17. The molecule has 0 saturated carbocycles. The first kappa shape index (κ1) is 31.8. The zero-order valence-electron chi connectivity index (χ0n) is 22.7. The lowest BCUT2D eigenvalue weighted by molar-refractivity contribution is -0.159. The number of ether oxygens (including phenoxy) is 1. The zero-order chi connectivity index (χ0) is 29.9. The standard InChI is InChI=1S/C27H30ClN3O3S.C2H2O4/c1-3-34-27(33)24-21-13-14-31(16-19-9-5-4-6-10-19)17-23(21)35-26(24)30-25(32)18(2)29-15-20-11-7-8-12-22(20)28;3-1(4)2(5)6/h4-12,18,29H,3,13-17H2,1-2H3,(H,30,32);(H,3,4)(H,5,6). The average Bonchev–Trinajstić information content (AvgIpc) is 3.30. The Hall–Kier alpha value is -3.77. The highest BCUT2D eigenvalue weighted by atomic mass is 35.5. The Labute approximate surface area is 246 Å². The Morgan fingerprint density at radius 3 is 2.34 bits per heavy atom. The van der Waals surface area contributed by atoms with Crippen LogP contribution in [0.5, 0.6) is 0 Å². The summed E-state index contributed by atoms with van der Waals surface area (Å²) in [5.74, 6) is -4.24. The molecule has 0 saturated heterocycles. The predicted octanol–water partition coefficient (Wildman–Crippen LogP) is 4.41. The lowest BCUT2D eigenvalue weighted by Crippen LogP contribution is -2.37. The number of halogens is 1. The van der Waals surface area contributed by atoms with Crippen LogP contribution in [0.1, 0.15) is 45.8 Å². The number of amides is 1. The number of hydrogen-bond acceptors (Lipinski definition) is 8. The van der Waals surface area contributed by atoms with Crippen LogP contribution in [-0.4, -0.2) is 58.1 Å². The summed E-state index contributed by atoms with van der Waals surface area (Å²) in [6.45, 7) is 6.76.